The fourth-order valence-electron chi connectivity index (χ4n) is 3.29. The number of benzene rings is 2. The lowest BCUT2D eigenvalue weighted by Gasteiger charge is -2.22. The lowest BCUT2D eigenvalue weighted by molar-refractivity contribution is -0.134. The third-order valence-electron chi connectivity index (χ3n) is 4.91. The van der Waals surface area contributed by atoms with Crippen LogP contribution in [0.1, 0.15) is 18.1 Å². The summed E-state index contributed by atoms with van der Waals surface area (Å²) in [5, 5.41) is 5.92. The molecule has 0 aliphatic carbocycles. The molecule has 0 bridgehead atoms. The molecule has 29 heavy (non-hydrogen) atoms. The summed E-state index contributed by atoms with van der Waals surface area (Å²) in [5.41, 5.74) is 0.0564. The molecule has 0 radical (unpaired) electrons. The molecule has 2 aliphatic rings. The van der Waals surface area contributed by atoms with Gasteiger partial charge in [0, 0.05) is 11.6 Å². The van der Waals surface area contributed by atoms with Crippen molar-refractivity contribution < 1.29 is 23.9 Å². The first-order valence-corrected chi connectivity index (χ1v) is 9.30. The van der Waals surface area contributed by atoms with Crippen molar-refractivity contribution >= 4 is 29.4 Å². The molecule has 0 saturated carbocycles. The van der Waals surface area contributed by atoms with Crippen molar-refractivity contribution in [2.45, 2.75) is 19.0 Å². The topological polar surface area (TPSA) is 97.0 Å². The van der Waals surface area contributed by atoms with E-state index in [9.17, 15) is 14.4 Å². The predicted molar refractivity (Wildman–Crippen MR) is 103 cm³/mol. The summed E-state index contributed by atoms with van der Waals surface area (Å²) in [7, 11) is 0. The maximum Gasteiger partial charge on any atom is 0.325 e. The Labute approximate surface area is 171 Å². The Bertz CT molecular complexity index is 1010. The van der Waals surface area contributed by atoms with Crippen LogP contribution in [0.25, 0.3) is 0 Å². The molecule has 1 saturated heterocycles. The summed E-state index contributed by atoms with van der Waals surface area (Å²) in [6, 6.07) is 11.5. The van der Waals surface area contributed by atoms with Gasteiger partial charge in [-0.15, -0.1) is 0 Å². The first-order valence-electron chi connectivity index (χ1n) is 8.92. The Hall–Kier alpha value is -3.26. The quantitative estimate of drug-likeness (QED) is 0.729. The average Bonchev–Trinajstić information content (AvgIpc) is 3.25. The lowest BCUT2D eigenvalue weighted by atomic mass is 9.91. The number of amides is 4. The zero-order valence-electron chi connectivity index (χ0n) is 15.5. The monoisotopic (exact) mass is 415 g/mol. The molecule has 9 heteroatoms. The minimum Gasteiger partial charge on any atom is -0.454 e. The van der Waals surface area contributed by atoms with Crippen LogP contribution >= 0.6 is 11.6 Å². The van der Waals surface area contributed by atoms with Crippen molar-refractivity contribution in [2.24, 2.45) is 0 Å². The van der Waals surface area contributed by atoms with Gasteiger partial charge < -0.3 is 20.1 Å². The Morgan fingerprint density at radius 3 is 2.79 bits per heavy atom. The molecular weight excluding hydrogens is 398 g/mol. The van der Waals surface area contributed by atoms with Gasteiger partial charge >= 0.3 is 6.03 Å². The second-order valence-electron chi connectivity index (χ2n) is 6.92. The highest BCUT2D eigenvalue weighted by Gasteiger charge is 2.49. The van der Waals surface area contributed by atoms with Crippen molar-refractivity contribution in [3.8, 4) is 11.5 Å². The Balaban J connectivity index is 1.44. The Kier molecular flexibility index (Phi) is 4.79. The third kappa shape index (κ3) is 3.58. The van der Waals surface area contributed by atoms with Gasteiger partial charge in [-0.25, -0.2) is 4.79 Å². The molecule has 2 N–H and O–H groups in total. The minimum absolute atomic E-state index is 0.106. The molecule has 2 aromatic carbocycles. The van der Waals surface area contributed by atoms with Crippen LogP contribution in [0, 0.1) is 0 Å². The van der Waals surface area contributed by atoms with Gasteiger partial charge in [0.15, 0.2) is 11.5 Å². The van der Waals surface area contributed by atoms with Gasteiger partial charge in [-0.3, -0.25) is 14.5 Å². The molecule has 2 aliphatic heterocycles. The van der Waals surface area contributed by atoms with Crippen molar-refractivity contribution in [3.63, 3.8) is 0 Å². The molecule has 2 aromatic rings. The number of rotatable bonds is 5. The van der Waals surface area contributed by atoms with Crippen molar-refractivity contribution in [3.05, 3.63) is 58.6 Å². The second-order valence-corrected chi connectivity index (χ2v) is 7.36. The fourth-order valence-corrected chi connectivity index (χ4v) is 3.50. The van der Waals surface area contributed by atoms with Crippen LogP contribution in [0.2, 0.25) is 5.02 Å². The van der Waals surface area contributed by atoms with Crippen LogP contribution in [0.5, 0.6) is 11.5 Å². The summed E-state index contributed by atoms with van der Waals surface area (Å²) in [5.74, 6) is 0.109. The Morgan fingerprint density at radius 1 is 1.21 bits per heavy atom. The predicted octanol–water partition coefficient (Wildman–Crippen LogP) is 2.15. The molecular formula is C20H18ClN3O5. The number of nitrogens with one attached hydrogen (secondary N) is 2. The molecule has 2 heterocycles. The second kappa shape index (κ2) is 7.29. The number of imide groups is 1. The average molecular weight is 416 g/mol. The van der Waals surface area contributed by atoms with Crippen LogP contribution in [0.15, 0.2) is 42.5 Å². The summed E-state index contributed by atoms with van der Waals surface area (Å²) in [4.78, 5) is 38.6. The van der Waals surface area contributed by atoms with Crippen LogP contribution in [0.3, 0.4) is 0 Å². The number of ether oxygens (including phenoxy) is 2. The molecule has 150 valence electrons. The van der Waals surface area contributed by atoms with E-state index in [0.717, 1.165) is 10.5 Å². The third-order valence-corrected chi connectivity index (χ3v) is 5.14. The molecule has 4 amide bonds. The molecule has 8 nitrogen and oxygen atoms in total. The standard InChI is InChI=1S/C20H18ClN3O5/c1-20(13-5-6-15-16(8-13)29-11-28-15)18(26)24(19(27)23-20)10-17(25)22-9-12-3-2-4-14(21)7-12/h2-8H,9-11H2,1H3,(H,22,25)(H,23,27)/t20-/m0/s1. The molecule has 1 atom stereocenters. The number of hydrogen-bond acceptors (Lipinski definition) is 5. The number of carbonyl (C=O) groups is 3. The van der Waals surface area contributed by atoms with Gasteiger partial charge in [-0.1, -0.05) is 29.8 Å². The number of fused-ring (bicyclic) bond motifs is 1. The maximum absolute atomic E-state index is 13.0. The van der Waals surface area contributed by atoms with Gasteiger partial charge in [0.05, 0.1) is 0 Å². The zero-order chi connectivity index (χ0) is 20.6. The maximum atomic E-state index is 13.0. The molecule has 0 unspecified atom stereocenters. The van der Waals surface area contributed by atoms with Gasteiger partial charge in [0.1, 0.15) is 12.1 Å². The SMILES string of the molecule is C[C@@]1(c2ccc3c(c2)OCO3)NC(=O)N(CC(=O)NCc2cccc(Cl)c2)C1=O. The number of halogens is 1. The van der Waals surface area contributed by atoms with Crippen LogP contribution in [0.4, 0.5) is 4.79 Å². The molecule has 0 spiro atoms. The van der Waals surface area contributed by atoms with Gasteiger partial charge in [0.2, 0.25) is 12.7 Å². The van der Waals surface area contributed by atoms with Gasteiger partial charge in [-0.2, -0.15) is 0 Å². The minimum atomic E-state index is -1.30. The summed E-state index contributed by atoms with van der Waals surface area (Å²) >= 11 is 5.93. The van der Waals surface area contributed by atoms with E-state index >= 15 is 0 Å². The smallest absolute Gasteiger partial charge is 0.325 e. The van der Waals surface area contributed by atoms with Crippen molar-refractivity contribution in [2.75, 3.05) is 13.3 Å². The van der Waals surface area contributed by atoms with E-state index in [0.29, 0.717) is 22.1 Å². The number of urea groups is 1. The summed E-state index contributed by atoms with van der Waals surface area (Å²) < 4.78 is 10.6. The van der Waals surface area contributed by atoms with E-state index < -0.39 is 23.4 Å². The summed E-state index contributed by atoms with van der Waals surface area (Å²) in [6.45, 7) is 1.55. The van der Waals surface area contributed by atoms with E-state index in [1.165, 1.54) is 0 Å². The van der Waals surface area contributed by atoms with E-state index in [1.807, 2.05) is 6.07 Å². The van der Waals surface area contributed by atoms with Crippen LogP contribution in [-0.2, 0) is 21.7 Å². The lowest BCUT2D eigenvalue weighted by Crippen LogP contribution is -2.43. The van der Waals surface area contributed by atoms with Crippen molar-refractivity contribution in [1.29, 1.82) is 0 Å². The molecule has 4 rings (SSSR count). The number of hydrogen-bond donors (Lipinski definition) is 2. The normalized spacial score (nSPS) is 20.0. The zero-order valence-corrected chi connectivity index (χ0v) is 16.3. The van der Waals surface area contributed by atoms with E-state index in [-0.39, 0.29) is 19.9 Å². The molecule has 1 fully saturated rings. The Morgan fingerprint density at radius 2 is 2.00 bits per heavy atom. The van der Waals surface area contributed by atoms with Gasteiger partial charge in [-0.05, 0) is 42.3 Å². The van der Waals surface area contributed by atoms with Gasteiger partial charge in [0.25, 0.3) is 5.91 Å². The largest absolute Gasteiger partial charge is 0.454 e. The highest BCUT2D eigenvalue weighted by atomic mass is 35.5. The first kappa shape index (κ1) is 19.1. The highest BCUT2D eigenvalue weighted by Crippen LogP contribution is 2.37. The molecule has 0 aromatic heterocycles. The fraction of sp³-hybridized carbons (Fsp3) is 0.250. The van der Waals surface area contributed by atoms with E-state index in [1.54, 1.807) is 43.3 Å². The van der Waals surface area contributed by atoms with Crippen LogP contribution < -0.4 is 20.1 Å². The van der Waals surface area contributed by atoms with Crippen LogP contribution in [-0.4, -0.2) is 36.1 Å². The van der Waals surface area contributed by atoms with E-state index in [2.05, 4.69) is 10.6 Å². The highest BCUT2D eigenvalue weighted by molar-refractivity contribution is 6.30. The summed E-state index contributed by atoms with van der Waals surface area (Å²) in [6.07, 6.45) is 0. The van der Waals surface area contributed by atoms with E-state index in [4.69, 9.17) is 21.1 Å². The number of nitrogens with zero attached hydrogens (tertiary/aromatic N) is 1. The first-order chi connectivity index (χ1) is 13.9. The van der Waals surface area contributed by atoms with Crippen molar-refractivity contribution in [1.82, 2.24) is 15.5 Å². The number of carbonyl (C=O) groups excluding carboxylic acids is 3.